The number of anilines is 1. The number of amides is 1. The van der Waals surface area contributed by atoms with Gasteiger partial charge in [0.25, 0.3) is 5.91 Å². The van der Waals surface area contributed by atoms with E-state index in [1.54, 1.807) is 43.5 Å². The second-order valence-electron chi connectivity index (χ2n) is 6.69. The van der Waals surface area contributed by atoms with Gasteiger partial charge < -0.3 is 14.8 Å². The summed E-state index contributed by atoms with van der Waals surface area (Å²) in [4.78, 5) is 24.0. The minimum Gasteiger partial charge on any atom is -0.496 e. The van der Waals surface area contributed by atoms with Crippen LogP contribution in [-0.4, -0.2) is 26.1 Å². The lowest BCUT2D eigenvalue weighted by Crippen LogP contribution is -2.17. The predicted octanol–water partition coefficient (Wildman–Crippen LogP) is 4.03. The maximum Gasteiger partial charge on any atom is 0.337 e. The minimum atomic E-state index is -0.414. The van der Waals surface area contributed by atoms with Crippen molar-refractivity contribution in [3.05, 3.63) is 59.2 Å². The Bertz CT molecular complexity index is 773. The van der Waals surface area contributed by atoms with Crippen molar-refractivity contribution in [3.63, 3.8) is 0 Å². The van der Waals surface area contributed by atoms with Crippen LogP contribution < -0.4 is 10.1 Å². The van der Waals surface area contributed by atoms with E-state index in [0.717, 1.165) is 11.3 Å². The molecule has 0 aromatic heterocycles. The van der Waals surface area contributed by atoms with Gasteiger partial charge in [-0.2, -0.15) is 0 Å². The quantitative estimate of drug-likeness (QED) is 0.853. The molecule has 0 fully saturated rings. The molecule has 0 saturated carbocycles. The number of benzene rings is 2. The molecule has 0 aliphatic heterocycles. The highest BCUT2D eigenvalue weighted by Crippen LogP contribution is 2.32. The Labute approximate surface area is 148 Å². The van der Waals surface area contributed by atoms with E-state index in [4.69, 9.17) is 4.74 Å². The molecule has 2 rings (SSSR count). The van der Waals surface area contributed by atoms with Gasteiger partial charge in [-0.3, -0.25) is 4.79 Å². The standard InChI is InChI=1S/C20H23NO4/c1-20(2,3)16-12-14(8-11-17(16)24-4)18(22)21-15-9-6-13(7-10-15)19(23)25-5/h6-12H,1-5H3,(H,21,22). The molecule has 0 saturated heterocycles. The summed E-state index contributed by atoms with van der Waals surface area (Å²) >= 11 is 0. The first-order valence-corrected chi connectivity index (χ1v) is 7.94. The van der Waals surface area contributed by atoms with Crippen LogP contribution in [0.2, 0.25) is 0 Å². The van der Waals surface area contributed by atoms with E-state index in [1.165, 1.54) is 7.11 Å². The van der Waals surface area contributed by atoms with E-state index in [-0.39, 0.29) is 11.3 Å². The molecule has 5 heteroatoms. The lowest BCUT2D eigenvalue weighted by atomic mass is 9.85. The number of methoxy groups -OCH3 is 2. The van der Waals surface area contributed by atoms with Gasteiger partial charge in [0, 0.05) is 16.8 Å². The van der Waals surface area contributed by atoms with Crippen LogP contribution in [0.3, 0.4) is 0 Å². The molecule has 0 heterocycles. The zero-order chi connectivity index (χ0) is 18.6. The molecule has 0 aliphatic rings. The summed E-state index contributed by atoms with van der Waals surface area (Å²) in [6.45, 7) is 6.20. The highest BCUT2D eigenvalue weighted by Gasteiger charge is 2.21. The zero-order valence-corrected chi connectivity index (χ0v) is 15.2. The lowest BCUT2D eigenvalue weighted by molar-refractivity contribution is 0.0600. The fraction of sp³-hybridized carbons (Fsp3) is 0.300. The largest absolute Gasteiger partial charge is 0.496 e. The minimum absolute atomic E-state index is 0.149. The summed E-state index contributed by atoms with van der Waals surface area (Å²) in [5, 5.41) is 2.83. The van der Waals surface area contributed by atoms with Crippen molar-refractivity contribution in [1.29, 1.82) is 0 Å². The number of rotatable bonds is 4. The van der Waals surface area contributed by atoms with Crippen LogP contribution >= 0.6 is 0 Å². The molecule has 1 amide bonds. The number of ether oxygens (including phenoxy) is 2. The fourth-order valence-electron chi connectivity index (χ4n) is 2.45. The lowest BCUT2D eigenvalue weighted by Gasteiger charge is -2.22. The van der Waals surface area contributed by atoms with Gasteiger partial charge in [-0.05, 0) is 47.9 Å². The van der Waals surface area contributed by atoms with Crippen molar-refractivity contribution in [2.75, 3.05) is 19.5 Å². The monoisotopic (exact) mass is 341 g/mol. The Morgan fingerprint density at radius 2 is 1.52 bits per heavy atom. The highest BCUT2D eigenvalue weighted by atomic mass is 16.5. The van der Waals surface area contributed by atoms with Crippen molar-refractivity contribution in [3.8, 4) is 5.75 Å². The van der Waals surface area contributed by atoms with Gasteiger partial charge in [0.2, 0.25) is 0 Å². The summed E-state index contributed by atoms with van der Waals surface area (Å²) in [7, 11) is 2.95. The normalized spacial score (nSPS) is 10.9. The number of nitrogens with one attached hydrogen (secondary N) is 1. The molecule has 5 nitrogen and oxygen atoms in total. The average molecular weight is 341 g/mol. The number of carbonyl (C=O) groups is 2. The van der Waals surface area contributed by atoms with Crippen LogP contribution in [-0.2, 0) is 10.2 Å². The van der Waals surface area contributed by atoms with Crippen molar-refractivity contribution in [2.45, 2.75) is 26.2 Å². The third-order valence-electron chi connectivity index (χ3n) is 3.83. The fourth-order valence-corrected chi connectivity index (χ4v) is 2.45. The Morgan fingerprint density at radius 3 is 2.04 bits per heavy atom. The van der Waals surface area contributed by atoms with Crippen molar-refractivity contribution < 1.29 is 19.1 Å². The van der Waals surface area contributed by atoms with Crippen LogP contribution in [0, 0.1) is 0 Å². The molecule has 2 aromatic carbocycles. The predicted molar refractivity (Wildman–Crippen MR) is 97.4 cm³/mol. The summed E-state index contributed by atoms with van der Waals surface area (Å²) in [5.74, 6) is 0.119. The van der Waals surface area contributed by atoms with E-state index < -0.39 is 5.97 Å². The van der Waals surface area contributed by atoms with Crippen LogP contribution in [0.1, 0.15) is 47.1 Å². The Balaban J connectivity index is 2.22. The molecule has 0 bridgehead atoms. The molecule has 0 radical (unpaired) electrons. The van der Waals surface area contributed by atoms with Crippen molar-refractivity contribution >= 4 is 17.6 Å². The van der Waals surface area contributed by atoms with E-state index in [0.29, 0.717) is 16.8 Å². The molecule has 0 spiro atoms. The van der Waals surface area contributed by atoms with E-state index >= 15 is 0 Å². The zero-order valence-electron chi connectivity index (χ0n) is 15.2. The van der Waals surface area contributed by atoms with E-state index in [2.05, 4.69) is 30.8 Å². The summed E-state index contributed by atoms with van der Waals surface area (Å²) in [6.07, 6.45) is 0. The van der Waals surface area contributed by atoms with Gasteiger partial charge in [-0.25, -0.2) is 4.79 Å². The van der Waals surface area contributed by atoms with Gasteiger partial charge in [0.1, 0.15) is 5.75 Å². The number of hydrogen-bond donors (Lipinski definition) is 1. The third-order valence-corrected chi connectivity index (χ3v) is 3.83. The van der Waals surface area contributed by atoms with E-state index in [9.17, 15) is 9.59 Å². The summed E-state index contributed by atoms with van der Waals surface area (Å²) in [6, 6.07) is 11.9. The summed E-state index contributed by atoms with van der Waals surface area (Å²) in [5.41, 5.74) is 2.39. The van der Waals surface area contributed by atoms with Crippen LogP contribution in [0.4, 0.5) is 5.69 Å². The Morgan fingerprint density at radius 1 is 0.920 bits per heavy atom. The summed E-state index contributed by atoms with van der Waals surface area (Å²) < 4.78 is 10.1. The Hall–Kier alpha value is -2.82. The molecular weight excluding hydrogens is 318 g/mol. The smallest absolute Gasteiger partial charge is 0.337 e. The third kappa shape index (κ3) is 4.38. The first-order chi connectivity index (χ1) is 11.8. The Kier molecular flexibility index (Phi) is 5.47. The van der Waals surface area contributed by atoms with Gasteiger partial charge in [0.05, 0.1) is 19.8 Å². The van der Waals surface area contributed by atoms with Crippen molar-refractivity contribution in [1.82, 2.24) is 0 Å². The molecule has 2 aromatic rings. The van der Waals surface area contributed by atoms with E-state index in [1.807, 2.05) is 6.07 Å². The molecule has 1 N–H and O–H groups in total. The topological polar surface area (TPSA) is 64.6 Å². The highest BCUT2D eigenvalue weighted by molar-refractivity contribution is 6.04. The second kappa shape index (κ2) is 7.38. The molecule has 0 atom stereocenters. The van der Waals surface area contributed by atoms with Gasteiger partial charge in [-0.15, -0.1) is 0 Å². The van der Waals surface area contributed by atoms with Gasteiger partial charge >= 0.3 is 5.97 Å². The SMILES string of the molecule is COC(=O)c1ccc(NC(=O)c2ccc(OC)c(C(C)(C)C)c2)cc1. The number of esters is 1. The van der Waals surface area contributed by atoms with Crippen LogP contribution in [0.5, 0.6) is 5.75 Å². The molecule has 132 valence electrons. The number of carbonyl (C=O) groups excluding carboxylic acids is 2. The maximum absolute atomic E-state index is 12.5. The van der Waals surface area contributed by atoms with Crippen molar-refractivity contribution in [2.24, 2.45) is 0 Å². The second-order valence-corrected chi connectivity index (χ2v) is 6.69. The maximum atomic E-state index is 12.5. The average Bonchev–Trinajstić information content (AvgIpc) is 2.60. The van der Waals surface area contributed by atoms with Gasteiger partial charge in [-0.1, -0.05) is 20.8 Å². The first-order valence-electron chi connectivity index (χ1n) is 7.94. The number of hydrogen-bond acceptors (Lipinski definition) is 4. The molecular formula is C20H23NO4. The van der Waals surface area contributed by atoms with Crippen LogP contribution in [0.25, 0.3) is 0 Å². The molecule has 0 unspecified atom stereocenters. The molecule has 25 heavy (non-hydrogen) atoms. The first kappa shape index (κ1) is 18.5. The molecule has 0 aliphatic carbocycles. The van der Waals surface area contributed by atoms with Gasteiger partial charge in [0.15, 0.2) is 0 Å². The van der Waals surface area contributed by atoms with Crippen LogP contribution in [0.15, 0.2) is 42.5 Å².